The number of carbonyl (C=O) groups is 2. The van der Waals surface area contributed by atoms with Crippen LogP contribution in [0.2, 0.25) is 0 Å². The van der Waals surface area contributed by atoms with E-state index in [1.807, 2.05) is 0 Å². The van der Waals surface area contributed by atoms with Gasteiger partial charge in [0, 0.05) is 19.4 Å². The van der Waals surface area contributed by atoms with Crippen molar-refractivity contribution < 1.29 is 104 Å². The second kappa shape index (κ2) is 44.7. The number of quaternary nitrogens is 3. The standard InChI is InChI=1S/C8H19N3O2.C6H14N2O2.C2H7NO.5ClH/c9-4-2-1-3-7(11)8(12)13-6-5-10;7-4-2-1-3-5(8)6(9)10;3-1-2-4;;;;;/h7H,1-6,9-11H2;5H,1-4,7-8H2,(H,9,10);4H,1-3H2;5*1H/p-2/t7-;5-;;;;;;/m00....../s1. The molecule has 0 heterocycles. The lowest BCUT2D eigenvalue weighted by molar-refractivity contribution is -0.412. The Morgan fingerprint density at radius 2 is 1.16 bits per heavy atom. The van der Waals surface area contributed by atoms with Gasteiger partial charge >= 0.3 is 11.9 Å². The first-order chi connectivity index (χ1) is 12.8. The van der Waals surface area contributed by atoms with Gasteiger partial charge in [0.2, 0.25) is 0 Å². The van der Waals surface area contributed by atoms with E-state index in [0.717, 1.165) is 32.1 Å². The van der Waals surface area contributed by atoms with Crippen molar-refractivity contribution in [2.75, 3.05) is 39.4 Å². The fourth-order valence-corrected chi connectivity index (χ4v) is 1.60. The van der Waals surface area contributed by atoms with E-state index >= 15 is 0 Å². The Kier molecular flexibility index (Phi) is 74.7. The van der Waals surface area contributed by atoms with E-state index in [4.69, 9.17) is 32.2 Å². The lowest BCUT2D eigenvalue weighted by Gasteiger charge is -2.06. The van der Waals surface area contributed by atoms with Gasteiger partial charge in [-0.05, 0) is 38.8 Å². The summed E-state index contributed by atoms with van der Waals surface area (Å²) in [5, 5.41) is 16.1. The number of ether oxygens (including phenoxy) is 1. The SMILES string of the molecule is NCCCC[C@H]([NH3+])C(=O)O.NCCCC[C@H]([NH3+])C(=O)OCC[NH3+].NCCO.[Cl-].[Cl-].[Cl-].[Cl-].[Cl-]. The smallest absolute Gasteiger partial charge is 0.364 e. The Hall–Kier alpha value is 0.110. The predicted molar refractivity (Wildman–Crippen MR) is 102 cm³/mol. The summed E-state index contributed by atoms with van der Waals surface area (Å²) in [7, 11) is 0. The van der Waals surface area contributed by atoms with Crippen molar-refractivity contribution in [3.8, 4) is 0 Å². The van der Waals surface area contributed by atoms with Gasteiger partial charge in [-0.1, -0.05) is 0 Å². The van der Waals surface area contributed by atoms with Crippen LogP contribution in [-0.2, 0) is 14.3 Å². The van der Waals surface area contributed by atoms with Gasteiger partial charge in [0.15, 0.2) is 12.1 Å². The third-order valence-corrected chi connectivity index (χ3v) is 3.21. The molecule has 0 amide bonds. The zero-order chi connectivity index (χ0) is 21.5. The molecule has 0 aromatic rings. The highest BCUT2D eigenvalue weighted by atomic mass is 35.5. The van der Waals surface area contributed by atoms with Crippen LogP contribution in [0.5, 0.6) is 0 Å². The molecule has 204 valence electrons. The van der Waals surface area contributed by atoms with Crippen molar-refractivity contribution in [3.05, 3.63) is 0 Å². The molecular formula is C16H43Cl5N6O5-2. The van der Waals surface area contributed by atoms with E-state index in [0.29, 0.717) is 39.2 Å². The summed E-state index contributed by atoms with van der Waals surface area (Å²) in [5.74, 6) is -1.04. The molecule has 16 heteroatoms. The van der Waals surface area contributed by atoms with Gasteiger partial charge in [-0.2, -0.15) is 0 Å². The largest absolute Gasteiger partial charge is 1.00 e. The van der Waals surface area contributed by atoms with Crippen LogP contribution in [0.3, 0.4) is 0 Å². The second-order valence-corrected chi connectivity index (χ2v) is 5.83. The lowest BCUT2D eigenvalue weighted by atomic mass is 10.1. The molecule has 0 spiro atoms. The maximum Gasteiger partial charge on any atom is 0.364 e. The number of nitrogens with two attached hydrogens (primary N) is 3. The maximum absolute atomic E-state index is 11.2. The number of aliphatic carboxylic acids is 1. The van der Waals surface area contributed by atoms with Gasteiger partial charge in [-0.25, -0.2) is 9.59 Å². The number of hydrogen-bond donors (Lipinski definition) is 8. The molecule has 0 fully saturated rings. The molecule has 0 aromatic carbocycles. The van der Waals surface area contributed by atoms with E-state index in [9.17, 15) is 9.59 Å². The molecule has 0 aliphatic rings. The van der Waals surface area contributed by atoms with Crippen LogP contribution >= 0.6 is 0 Å². The molecular weight excluding hydrogens is 533 g/mol. The first-order valence-electron chi connectivity index (χ1n) is 9.38. The van der Waals surface area contributed by atoms with Crippen molar-refractivity contribution >= 4 is 11.9 Å². The second-order valence-electron chi connectivity index (χ2n) is 5.83. The van der Waals surface area contributed by atoms with E-state index < -0.39 is 12.0 Å². The topological polar surface area (TPSA) is 245 Å². The monoisotopic (exact) mass is 574 g/mol. The van der Waals surface area contributed by atoms with Gasteiger partial charge in [-0.15, -0.1) is 0 Å². The summed E-state index contributed by atoms with van der Waals surface area (Å²) in [6.07, 6.45) is 5.01. The Morgan fingerprint density at radius 3 is 1.44 bits per heavy atom. The van der Waals surface area contributed by atoms with E-state index in [2.05, 4.69) is 17.2 Å². The van der Waals surface area contributed by atoms with Crippen LogP contribution in [0.4, 0.5) is 0 Å². The summed E-state index contributed by atoms with van der Waals surface area (Å²) < 4.78 is 4.89. The molecule has 0 unspecified atom stereocenters. The quantitative estimate of drug-likeness (QED) is 0.0770. The third kappa shape index (κ3) is 47.8. The number of esters is 1. The number of aliphatic hydroxyl groups excluding tert-OH is 1. The minimum atomic E-state index is -0.822. The molecule has 11 nitrogen and oxygen atoms in total. The first kappa shape index (κ1) is 53.5. The van der Waals surface area contributed by atoms with Crippen LogP contribution in [0.25, 0.3) is 0 Å². The first-order valence-corrected chi connectivity index (χ1v) is 9.38. The Balaban J connectivity index is -0.0000000459. The van der Waals surface area contributed by atoms with Gasteiger partial charge in [0.25, 0.3) is 0 Å². The van der Waals surface area contributed by atoms with Crippen molar-refractivity contribution in [1.29, 1.82) is 0 Å². The fourth-order valence-electron chi connectivity index (χ4n) is 1.60. The Labute approximate surface area is 222 Å². The number of unbranched alkanes of at least 4 members (excludes halogenated alkanes) is 2. The number of rotatable bonds is 13. The minimum Gasteiger partial charge on any atom is -1.00 e. The van der Waals surface area contributed by atoms with E-state index in [-0.39, 0.29) is 80.7 Å². The van der Waals surface area contributed by atoms with Gasteiger partial charge in [0.05, 0.1) is 6.61 Å². The van der Waals surface area contributed by atoms with E-state index in [1.54, 1.807) is 0 Å². The normalized spacial score (nSPS) is 10.1. The van der Waals surface area contributed by atoms with Gasteiger partial charge in [0.1, 0.15) is 13.2 Å². The predicted octanol–water partition coefficient (Wildman–Crippen LogP) is -19.7. The summed E-state index contributed by atoms with van der Waals surface area (Å²) in [6, 6.07) is -0.718. The zero-order valence-corrected chi connectivity index (χ0v) is 22.3. The molecule has 0 rings (SSSR count). The van der Waals surface area contributed by atoms with Gasteiger partial charge in [-0.3, -0.25) is 0 Å². The van der Waals surface area contributed by atoms with E-state index in [1.165, 1.54) is 0 Å². The number of aliphatic hydroxyl groups is 1. The highest BCUT2D eigenvalue weighted by molar-refractivity contribution is 5.73. The average molecular weight is 577 g/mol. The Bertz CT molecular complexity index is 354. The molecule has 0 radical (unpaired) electrons. The van der Waals surface area contributed by atoms with Crippen LogP contribution in [-0.4, -0.2) is 73.6 Å². The highest BCUT2D eigenvalue weighted by Crippen LogP contribution is 1.98. The minimum absolute atomic E-state index is 0. The molecule has 0 saturated carbocycles. The number of hydrogen-bond acceptors (Lipinski definition) is 7. The van der Waals surface area contributed by atoms with Crippen molar-refractivity contribution in [3.63, 3.8) is 0 Å². The molecule has 2 atom stereocenters. The van der Waals surface area contributed by atoms with Gasteiger partial charge < -0.3 is 111 Å². The summed E-state index contributed by atoms with van der Waals surface area (Å²) in [4.78, 5) is 21.4. The fraction of sp³-hybridized carbons (Fsp3) is 0.875. The lowest BCUT2D eigenvalue weighted by Crippen LogP contribution is -3.00. The number of carbonyl (C=O) groups excluding carboxylic acids is 1. The molecule has 17 N–H and O–H groups in total. The van der Waals surface area contributed by atoms with Crippen molar-refractivity contribution in [2.24, 2.45) is 17.2 Å². The van der Waals surface area contributed by atoms with Crippen LogP contribution in [0, 0.1) is 0 Å². The molecule has 0 aliphatic heterocycles. The summed E-state index contributed by atoms with van der Waals surface area (Å²) in [6.45, 7) is 2.77. The number of carboxylic acid groups (broad SMARTS) is 1. The Morgan fingerprint density at radius 1 is 0.781 bits per heavy atom. The number of carboxylic acids is 1. The highest BCUT2D eigenvalue weighted by Gasteiger charge is 2.17. The molecule has 32 heavy (non-hydrogen) atoms. The average Bonchev–Trinajstić information content (AvgIpc) is 2.66. The summed E-state index contributed by atoms with van der Waals surface area (Å²) in [5.41, 5.74) is 26.1. The molecule has 0 aromatic heterocycles. The van der Waals surface area contributed by atoms with Crippen molar-refractivity contribution in [1.82, 2.24) is 0 Å². The zero-order valence-electron chi connectivity index (χ0n) is 18.5. The van der Waals surface area contributed by atoms with Crippen LogP contribution in [0.1, 0.15) is 38.5 Å². The van der Waals surface area contributed by atoms with Crippen LogP contribution in [0.15, 0.2) is 0 Å². The van der Waals surface area contributed by atoms with Crippen LogP contribution < -0.4 is 96.4 Å². The molecule has 0 saturated heterocycles. The molecule has 0 aliphatic carbocycles. The maximum atomic E-state index is 11.2. The summed E-state index contributed by atoms with van der Waals surface area (Å²) >= 11 is 0. The van der Waals surface area contributed by atoms with Crippen molar-refractivity contribution in [2.45, 2.75) is 50.6 Å². The third-order valence-electron chi connectivity index (χ3n) is 3.21. The molecule has 0 bridgehead atoms. The number of halogens is 5.